The van der Waals surface area contributed by atoms with Crippen LogP contribution in [0.4, 0.5) is 0 Å². The van der Waals surface area contributed by atoms with Gasteiger partial charge in [-0.3, -0.25) is 0 Å². The van der Waals surface area contributed by atoms with Crippen molar-refractivity contribution in [2.24, 2.45) is 29.4 Å². The summed E-state index contributed by atoms with van der Waals surface area (Å²) in [6, 6.07) is 38.6. The van der Waals surface area contributed by atoms with Crippen molar-refractivity contribution in [3.63, 3.8) is 0 Å². The average Bonchev–Trinajstić information content (AvgIpc) is 3.39. The van der Waals surface area contributed by atoms with Gasteiger partial charge < -0.3 is 10.5 Å². The van der Waals surface area contributed by atoms with Crippen LogP contribution in [0.5, 0.6) is 5.75 Å². The Kier molecular flexibility index (Phi) is 19.9. The number of nitrogens with two attached hydrogens (primary N) is 1. The standard InChI is InChI=1S/C68H91NO/c1-10-18-26-47(14-5)38-52-30-22-34-56-60(52)44-61-53(39-48(15-6)27-19-11-2)31-23-35-57(61)66(56)64-42-51(46-69)43-65(68(64)70-9)67-58-36-24-32-54(40-49(16-7)28-20-12-3)62(58)45-63-55(33-25-37-59(63)67)41-50(17-8)29-21-13-4/h22-25,30-37,42-45,47-50H,10-21,26-29,38-41,46,69H2,1-9H3. The molecular weight excluding hydrogens is 847 g/mol. The summed E-state index contributed by atoms with van der Waals surface area (Å²) in [4.78, 5) is 0. The summed E-state index contributed by atoms with van der Waals surface area (Å²) in [6.45, 7) is 19.3. The number of ether oxygens (including phenoxy) is 1. The molecule has 2 N–H and O–H groups in total. The van der Waals surface area contributed by atoms with E-state index in [0.29, 0.717) is 30.2 Å². The van der Waals surface area contributed by atoms with Gasteiger partial charge in [0, 0.05) is 28.8 Å². The molecule has 70 heavy (non-hydrogen) atoms. The third-order valence-electron chi connectivity index (χ3n) is 16.8. The lowest BCUT2D eigenvalue weighted by atomic mass is 9.81. The van der Waals surface area contributed by atoms with Gasteiger partial charge in [0.25, 0.3) is 0 Å². The monoisotopic (exact) mass is 938 g/mol. The zero-order valence-electron chi connectivity index (χ0n) is 45.4. The molecule has 2 nitrogen and oxygen atoms in total. The lowest BCUT2D eigenvalue weighted by Gasteiger charge is -2.24. The molecule has 0 saturated carbocycles. The van der Waals surface area contributed by atoms with Crippen LogP contribution in [-0.2, 0) is 32.2 Å². The van der Waals surface area contributed by atoms with Crippen molar-refractivity contribution in [1.29, 1.82) is 0 Å². The fourth-order valence-corrected chi connectivity index (χ4v) is 12.3. The summed E-state index contributed by atoms with van der Waals surface area (Å²) >= 11 is 0. The number of fused-ring (bicyclic) bond motifs is 4. The van der Waals surface area contributed by atoms with Gasteiger partial charge in [0.1, 0.15) is 5.75 Å². The molecule has 2 heteroatoms. The quantitative estimate of drug-likeness (QED) is 0.0497. The van der Waals surface area contributed by atoms with E-state index >= 15 is 0 Å². The second kappa shape index (κ2) is 26.2. The van der Waals surface area contributed by atoms with Crippen molar-refractivity contribution >= 4 is 43.1 Å². The largest absolute Gasteiger partial charge is 0.495 e. The van der Waals surface area contributed by atoms with E-state index in [2.05, 4.69) is 152 Å². The van der Waals surface area contributed by atoms with Crippen LogP contribution in [0.15, 0.2) is 97.1 Å². The SMILES string of the molecule is CCCCC(CC)Cc1cccc2c(-c3cc(CN)cc(-c4c5cccc(CC(CC)CCCC)c5cc5c(CC(CC)CCCC)cccc45)c3OC)c3cccc(CC(CC)CCCC)c3cc12. The van der Waals surface area contributed by atoms with Crippen LogP contribution in [-0.4, -0.2) is 7.11 Å². The highest BCUT2D eigenvalue weighted by Gasteiger charge is 2.25. The Hall–Kier alpha value is -4.66. The van der Waals surface area contributed by atoms with Crippen LogP contribution >= 0.6 is 0 Å². The summed E-state index contributed by atoms with van der Waals surface area (Å²) in [5, 5.41) is 10.8. The van der Waals surface area contributed by atoms with Crippen LogP contribution < -0.4 is 10.5 Å². The lowest BCUT2D eigenvalue weighted by Crippen LogP contribution is -2.06. The zero-order chi connectivity index (χ0) is 49.6. The Morgan fingerprint density at radius 1 is 0.386 bits per heavy atom. The van der Waals surface area contributed by atoms with Crippen molar-refractivity contribution in [2.45, 2.75) is 190 Å². The van der Waals surface area contributed by atoms with E-state index in [0.717, 1.165) is 48.1 Å². The predicted octanol–water partition coefficient (Wildman–Crippen LogP) is 20.1. The van der Waals surface area contributed by atoms with Gasteiger partial charge in [-0.15, -0.1) is 0 Å². The minimum absolute atomic E-state index is 0.443. The summed E-state index contributed by atoms with van der Waals surface area (Å²) in [5.41, 5.74) is 18.8. The highest BCUT2D eigenvalue weighted by Crippen LogP contribution is 2.50. The maximum absolute atomic E-state index is 6.97. The van der Waals surface area contributed by atoms with E-state index in [-0.39, 0.29) is 0 Å². The summed E-state index contributed by atoms with van der Waals surface area (Å²) in [6.07, 6.45) is 24.4. The molecule has 4 unspecified atom stereocenters. The molecule has 0 aliphatic heterocycles. The Morgan fingerprint density at radius 2 is 0.671 bits per heavy atom. The van der Waals surface area contributed by atoms with Crippen LogP contribution in [0.25, 0.3) is 65.3 Å². The Bertz CT molecular complexity index is 2440. The molecule has 4 atom stereocenters. The minimum Gasteiger partial charge on any atom is -0.495 e. The fourth-order valence-electron chi connectivity index (χ4n) is 12.3. The van der Waals surface area contributed by atoms with Crippen LogP contribution in [0.2, 0.25) is 0 Å². The van der Waals surface area contributed by atoms with Gasteiger partial charge in [-0.2, -0.15) is 0 Å². The van der Waals surface area contributed by atoms with Gasteiger partial charge in [-0.1, -0.05) is 231 Å². The first-order valence-corrected chi connectivity index (χ1v) is 28.6. The van der Waals surface area contributed by atoms with Gasteiger partial charge in [0.05, 0.1) is 7.11 Å². The summed E-state index contributed by atoms with van der Waals surface area (Å²) in [7, 11) is 1.91. The second-order valence-corrected chi connectivity index (χ2v) is 21.5. The molecule has 0 bridgehead atoms. The Balaban J connectivity index is 1.58. The number of hydrogen-bond donors (Lipinski definition) is 1. The zero-order valence-corrected chi connectivity index (χ0v) is 45.4. The van der Waals surface area contributed by atoms with Crippen molar-refractivity contribution < 1.29 is 4.74 Å². The van der Waals surface area contributed by atoms with Crippen LogP contribution in [0.3, 0.4) is 0 Å². The van der Waals surface area contributed by atoms with E-state index in [4.69, 9.17) is 10.5 Å². The lowest BCUT2D eigenvalue weighted by molar-refractivity contribution is 0.418. The number of rotatable bonds is 28. The number of hydrogen-bond acceptors (Lipinski definition) is 2. The minimum atomic E-state index is 0.443. The number of unbranched alkanes of at least 4 members (excludes halogenated alkanes) is 4. The highest BCUT2D eigenvalue weighted by atomic mass is 16.5. The van der Waals surface area contributed by atoms with E-state index in [1.54, 1.807) is 0 Å². The molecule has 7 aromatic carbocycles. The van der Waals surface area contributed by atoms with Gasteiger partial charge in [-0.25, -0.2) is 0 Å². The molecule has 0 spiro atoms. The van der Waals surface area contributed by atoms with Gasteiger partial charge >= 0.3 is 0 Å². The molecule has 0 amide bonds. The van der Waals surface area contributed by atoms with E-state index in [9.17, 15) is 0 Å². The molecule has 7 rings (SSSR count). The first-order valence-electron chi connectivity index (χ1n) is 28.6. The molecule has 0 saturated heterocycles. The molecule has 7 aromatic rings. The number of methoxy groups -OCH3 is 1. The van der Waals surface area contributed by atoms with Crippen molar-refractivity contribution in [2.75, 3.05) is 7.11 Å². The maximum Gasteiger partial charge on any atom is 0.134 e. The molecule has 0 radical (unpaired) electrons. The van der Waals surface area contributed by atoms with Crippen molar-refractivity contribution in [3.05, 3.63) is 125 Å². The first kappa shape index (κ1) is 53.1. The molecular formula is C68H91NO. The molecule has 374 valence electrons. The van der Waals surface area contributed by atoms with Gasteiger partial charge in [-0.05, 0) is 145 Å². The fraction of sp³-hybridized carbons (Fsp3) is 0.500. The molecule has 0 aromatic heterocycles. The van der Waals surface area contributed by atoms with Crippen molar-refractivity contribution in [3.8, 4) is 28.0 Å². The smallest absolute Gasteiger partial charge is 0.134 e. The Morgan fingerprint density at radius 3 is 0.900 bits per heavy atom. The third-order valence-corrected chi connectivity index (χ3v) is 16.8. The van der Waals surface area contributed by atoms with Gasteiger partial charge in [0.15, 0.2) is 0 Å². The summed E-state index contributed by atoms with van der Waals surface area (Å²) < 4.78 is 6.97. The number of benzene rings is 7. The molecule has 0 fully saturated rings. The normalized spacial score (nSPS) is 13.7. The topological polar surface area (TPSA) is 35.2 Å². The summed E-state index contributed by atoms with van der Waals surface area (Å²) in [5.74, 6) is 3.58. The van der Waals surface area contributed by atoms with Crippen molar-refractivity contribution in [1.82, 2.24) is 0 Å². The van der Waals surface area contributed by atoms with Crippen LogP contribution in [0, 0.1) is 23.7 Å². The van der Waals surface area contributed by atoms with E-state index < -0.39 is 0 Å². The predicted molar refractivity (Wildman–Crippen MR) is 310 cm³/mol. The molecule has 0 heterocycles. The second-order valence-electron chi connectivity index (χ2n) is 21.5. The maximum atomic E-state index is 6.97. The van der Waals surface area contributed by atoms with E-state index in [1.807, 2.05) is 7.11 Å². The Labute approximate surface area is 425 Å². The first-order chi connectivity index (χ1) is 34.3. The molecule has 0 aliphatic carbocycles. The van der Waals surface area contributed by atoms with Crippen LogP contribution in [0.1, 0.15) is 186 Å². The third kappa shape index (κ3) is 12.0. The van der Waals surface area contributed by atoms with Gasteiger partial charge in [0.2, 0.25) is 0 Å². The highest BCUT2D eigenvalue weighted by molar-refractivity contribution is 6.18. The van der Waals surface area contributed by atoms with E-state index in [1.165, 1.54) is 179 Å². The molecule has 0 aliphatic rings. The average molecular weight is 938 g/mol.